The summed E-state index contributed by atoms with van der Waals surface area (Å²) in [6.45, 7) is 0. The van der Waals surface area contributed by atoms with E-state index in [0.717, 1.165) is 6.20 Å². The number of alkyl halides is 3. The van der Waals surface area contributed by atoms with Crippen LogP contribution >= 0.6 is 11.6 Å². The number of anilines is 1. The Morgan fingerprint density at radius 1 is 1.10 bits per heavy atom. The lowest BCUT2D eigenvalue weighted by molar-refractivity contribution is -0.143. The summed E-state index contributed by atoms with van der Waals surface area (Å²) in [6, 6.07) is 5.82. The maximum Gasteiger partial charge on any atom is 0.434 e. The van der Waals surface area contributed by atoms with Gasteiger partial charge in [0.15, 0.2) is 17.3 Å². The Morgan fingerprint density at radius 2 is 1.93 bits per heavy atom. The van der Waals surface area contributed by atoms with Crippen molar-refractivity contribution in [2.45, 2.75) is 6.18 Å². The molecule has 13 heteroatoms. The molecular formula is C17H10ClF3N8O. The standard InChI is InChI=1S/C17H10ClF3N8O/c18-12-2-1-5-23-15(12)29-14(17(19,20)21)11(7-25-29)16(30)27-10-3-4-13(24-6-10)28-9-22-8-26-28/h1-9H,(H,27,30). The zero-order valence-corrected chi connectivity index (χ0v) is 15.5. The van der Waals surface area contributed by atoms with Crippen LogP contribution in [0.3, 0.4) is 0 Å². The molecule has 0 aliphatic carbocycles. The Hall–Kier alpha value is -3.80. The highest BCUT2D eigenvalue weighted by Gasteiger charge is 2.41. The van der Waals surface area contributed by atoms with Gasteiger partial charge in [0.1, 0.15) is 12.7 Å². The van der Waals surface area contributed by atoms with E-state index in [1.54, 1.807) is 0 Å². The van der Waals surface area contributed by atoms with Gasteiger partial charge in [0.2, 0.25) is 0 Å². The van der Waals surface area contributed by atoms with Crippen LogP contribution in [0.2, 0.25) is 5.02 Å². The predicted molar refractivity (Wildman–Crippen MR) is 98.5 cm³/mol. The third kappa shape index (κ3) is 3.72. The van der Waals surface area contributed by atoms with Crippen LogP contribution in [-0.4, -0.2) is 40.4 Å². The van der Waals surface area contributed by atoms with Crippen molar-refractivity contribution in [2.75, 3.05) is 5.32 Å². The van der Waals surface area contributed by atoms with Crippen molar-refractivity contribution >= 4 is 23.2 Å². The SMILES string of the molecule is O=C(Nc1ccc(-n2cncn2)nc1)c1cnn(-c2ncccc2Cl)c1C(F)(F)F. The van der Waals surface area contributed by atoms with Crippen LogP contribution in [0.1, 0.15) is 16.1 Å². The lowest BCUT2D eigenvalue weighted by atomic mass is 10.2. The van der Waals surface area contributed by atoms with E-state index in [1.807, 2.05) is 0 Å². The molecule has 1 N–H and O–H groups in total. The minimum Gasteiger partial charge on any atom is -0.320 e. The number of aromatic nitrogens is 7. The molecule has 0 saturated heterocycles. The van der Waals surface area contributed by atoms with Crippen LogP contribution in [0.4, 0.5) is 18.9 Å². The first-order valence-electron chi connectivity index (χ1n) is 8.23. The van der Waals surface area contributed by atoms with Gasteiger partial charge in [-0.15, -0.1) is 0 Å². The molecule has 9 nitrogen and oxygen atoms in total. The number of pyridine rings is 2. The first-order chi connectivity index (χ1) is 14.3. The lowest BCUT2D eigenvalue weighted by Crippen LogP contribution is -2.21. The molecule has 0 aromatic carbocycles. The van der Waals surface area contributed by atoms with E-state index in [0.29, 0.717) is 10.5 Å². The second-order valence-electron chi connectivity index (χ2n) is 5.82. The summed E-state index contributed by atoms with van der Waals surface area (Å²) in [5.41, 5.74) is -1.81. The Kier molecular flexibility index (Phi) is 4.91. The normalized spacial score (nSPS) is 11.5. The van der Waals surface area contributed by atoms with Crippen molar-refractivity contribution in [3.63, 3.8) is 0 Å². The summed E-state index contributed by atoms with van der Waals surface area (Å²) >= 11 is 5.95. The van der Waals surface area contributed by atoms with Gasteiger partial charge in [0.25, 0.3) is 5.91 Å². The fraction of sp³-hybridized carbons (Fsp3) is 0.0588. The summed E-state index contributed by atoms with van der Waals surface area (Å²) in [4.78, 5) is 24.2. The molecule has 0 radical (unpaired) electrons. The highest BCUT2D eigenvalue weighted by Crippen LogP contribution is 2.34. The second-order valence-corrected chi connectivity index (χ2v) is 6.23. The molecular weight excluding hydrogens is 425 g/mol. The molecule has 0 aliphatic heterocycles. The molecule has 4 heterocycles. The van der Waals surface area contributed by atoms with Gasteiger partial charge < -0.3 is 5.32 Å². The smallest absolute Gasteiger partial charge is 0.320 e. The van der Waals surface area contributed by atoms with Gasteiger partial charge in [-0.25, -0.2) is 24.3 Å². The fourth-order valence-corrected chi connectivity index (χ4v) is 2.80. The maximum absolute atomic E-state index is 13.7. The minimum atomic E-state index is -4.89. The zero-order chi connectivity index (χ0) is 21.3. The topological polar surface area (TPSA) is 103 Å². The molecule has 1 amide bonds. The van der Waals surface area contributed by atoms with E-state index in [9.17, 15) is 18.0 Å². The van der Waals surface area contributed by atoms with Crippen LogP contribution in [-0.2, 0) is 6.18 Å². The van der Waals surface area contributed by atoms with E-state index >= 15 is 0 Å². The minimum absolute atomic E-state index is 0.0500. The highest BCUT2D eigenvalue weighted by molar-refractivity contribution is 6.32. The molecule has 0 saturated carbocycles. The molecule has 0 aliphatic rings. The summed E-state index contributed by atoms with van der Waals surface area (Å²) in [7, 11) is 0. The summed E-state index contributed by atoms with van der Waals surface area (Å²) < 4.78 is 43.1. The van der Waals surface area contributed by atoms with E-state index in [1.165, 1.54) is 54.0 Å². The molecule has 4 aromatic heterocycles. The van der Waals surface area contributed by atoms with Gasteiger partial charge in [-0.1, -0.05) is 11.6 Å². The third-order valence-electron chi connectivity index (χ3n) is 3.88. The molecule has 4 rings (SSSR count). The molecule has 152 valence electrons. The number of hydrogen-bond acceptors (Lipinski definition) is 6. The van der Waals surface area contributed by atoms with Gasteiger partial charge >= 0.3 is 6.18 Å². The number of amides is 1. The van der Waals surface area contributed by atoms with Gasteiger partial charge in [-0.3, -0.25) is 4.79 Å². The first-order valence-corrected chi connectivity index (χ1v) is 8.61. The Balaban J connectivity index is 1.65. The fourth-order valence-electron chi connectivity index (χ4n) is 2.60. The number of halogens is 4. The van der Waals surface area contributed by atoms with Crippen LogP contribution in [0.5, 0.6) is 0 Å². The number of hydrogen-bond donors (Lipinski definition) is 1. The number of nitrogens with one attached hydrogen (secondary N) is 1. The molecule has 0 atom stereocenters. The van der Waals surface area contributed by atoms with Gasteiger partial charge in [-0.05, 0) is 24.3 Å². The van der Waals surface area contributed by atoms with Gasteiger partial charge in [0.05, 0.1) is 28.7 Å². The zero-order valence-electron chi connectivity index (χ0n) is 14.7. The molecule has 0 unspecified atom stereocenters. The van der Waals surface area contributed by atoms with Crippen molar-refractivity contribution in [3.8, 4) is 11.6 Å². The molecule has 0 spiro atoms. The number of carbonyl (C=O) groups excluding carboxylic acids is 1. The Labute approximate surface area is 171 Å². The molecule has 4 aromatic rings. The van der Waals surface area contributed by atoms with Crippen LogP contribution in [0, 0.1) is 0 Å². The second kappa shape index (κ2) is 7.55. The molecule has 0 bridgehead atoms. The van der Waals surface area contributed by atoms with Gasteiger partial charge in [0, 0.05) is 6.20 Å². The lowest BCUT2D eigenvalue weighted by Gasteiger charge is -2.13. The largest absolute Gasteiger partial charge is 0.434 e. The molecule has 30 heavy (non-hydrogen) atoms. The Morgan fingerprint density at radius 3 is 2.57 bits per heavy atom. The van der Waals surface area contributed by atoms with E-state index in [2.05, 4.69) is 30.5 Å². The van der Waals surface area contributed by atoms with Crippen molar-refractivity contribution in [1.82, 2.24) is 34.5 Å². The monoisotopic (exact) mass is 434 g/mol. The highest BCUT2D eigenvalue weighted by atomic mass is 35.5. The van der Waals surface area contributed by atoms with E-state index < -0.39 is 23.3 Å². The predicted octanol–water partition coefficient (Wildman–Crippen LogP) is 3.17. The third-order valence-corrected chi connectivity index (χ3v) is 4.18. The van der Waals surface area contributed by atoms with Crippen LogP contribution in [0.25, 0.3) is 11.6 Å². The van der Waals surface area contributed by atoms with Crippen molar-refractivity contribution in [3.05, 3.63) is 71.8 Å². The van der Waals surface area contributed by atoms with E-state index in [4.69, 9.17) is 11.6 Å². The quantitative estimate of drug-likeness (QED) is 0.529. The summed E-state index contributed by atoms with van der Waals surface area (Å²) in [5.74, 6) is -0.848. The maximum atomic E-state index is 13.7. The number of carbonyl (C=O) groups is 1. The van der Waals surface area contributed by atoms with Crippen LogP contribution < -0.4 is 5.32 Å². The van der Waals surface area contributed by atoms with Crippen molar-refractivity contribution < 1.29 is 18.0 Å². The van der Waals surface area contributed by atoms with E-state index in [-0.39, 0.29) is 16.5 Å². The molecule has 0 fully saturated rings. The number of nitrogens with zero attached hydrogens (tertiary/aromatic N) is 7. The number of rotatable bonds is 4. The van der Waals surface area contributed by atoms with Gasteiger partial charge in [-0.2, -0.15) is 23.4 Å². The van der Waals surface area contributed by atoms with Crippen molar-refractivity contribution in [2.24, 2.45) is 0 Å². The summed E-state index contributed by atoms with van der Waals surface area (Å²) in [6.07, 6.45) is 1.21. The van der Waals surface area contributed by atoms with Crippen molar-refractivity contribution in [1.29, 1.82) is 0 Å². The average Bonchev–Trinajstić information content (AvgIpc) is 3.39. The average molecular weight is 435 g/mol. The Bertz CT molecular complexity index is 1190. The summed E-state index contributed by atoms with van der Waals surface area (Å²) in [5, 5.41) is 9.90. The van der Waals surface area contributed by atoms with Crippen LogP contribution in [0.15, 0.2) is 55.5 Å². The first kappa shape index (κ1) is 19.5.